The highest BCUT2D eigenvalue weighted by atomic mass is 16.6. The van der Waals surface area contributed by atoms with Gasteiger partial charge in [-0.3, -0.25) is 9.79 Å². The first-order chi connectivity index (χ1) is 7.63. The van der Waals surface area contributed by atoms with Crippen LogP contribution in [0, 0.1) is 0 Å². The van der Waals surface area contributed by atoms with Crippen molar-refractivity contribution in [3.63, 3.8) is 0 Å². The minimum atomic E-state index is -1.17. The number of hydrogen-bond donors (Lipinski definition) is 3. The largest absolute Gasteiger partial charge is 0.394 e. The van der Waals surface area contributed by atoms with Crippen LogP contribution in [0.25, 0.3) is 0 Å². The fraction of sp³-hybridized carbons (Fsp3) is 0.600. The van der Waals surface area contributed by atoms with Crippen LogP contribution in [0.15, 0.2) is 16.8 Å². The van der Waals surface area contributed by atoms with Crippen LogP contribution < -0.4 is 0 Å². The predicted octanol–water partition coefficient (Wildman–Crippen LogP) is -1.60. The molecule has 4 atom stereocenters. The molecule has 2 aliphatic rings. The summed E-state index contributed by atoms with van der Waals surface area (Å²) < 4.78 is 5.24. The standard InChI is InChI=1S/C10H13NO5/c12-4-7-8(14)9(15)10(16-7)6-3-5(13)1-2-11-6/h2-3,7-10,12,14-15H,1,4H2/t7-,8-,9-,10?/m1/s1. The summed E-state index contributed by atoms with van der Waals surface area (Å²) in [6.07, 6.45) is -1.07. The van der Waals surface area contributed by atoms with Crippen LogP contribution in [0.1, 0.15) is 6.42 Å². The smallest absolute Gasteiger partial charge is 0.162 e. The van der Waals surface area contributed by atoms with E-state index in [0.29, 0.717) is 5.70 Å². The van der Waals surface area contributed by atoms with Gasteiger partial charge in [0.25, 0.3) is 0 Å². The highest BCUT2D eigenvalue weighted by Gasteiger charge is 2.44. The molecule has 0 amide bonds. The third-order valence-corrected chi connectivity index (χ3v) is 2.68. The van der Waals surface area contributed by atoms with Gasteiger partial charge in [0.05, 0.1) is 12.3 Å². The fourth-order valence-corrected chi connectivity index (χ4v) is 1.80. The number of nitrogens with zero attached hydrogens (tertiary/aromatic N) is 1. The molecule has 1 saturated heterocycles. The minimum absolute atomic E-state index is 0.122. The Morgan fingerprint density at radius 2 is 2.19 bits per heavy atom. The number of rotatable bonds is 2. The number of hydrogen-bond acceptors (Lipinski definition) is 6. The van der Waals surface area contributed by atoms with Crippen molar-refractivity contribution in [2.75, 3.05) is 6.61 Å². The Bertz CT molecular complexity index is 351. The van der Waals surface area contributed by atoms with Crippen molar-refractivity contribution in [3.05, 3.63) is 11.8 Å². The molecule has 0 bridgehead atoms. The van der Waals surface area contributed by atoms with Gasteiger partial charge in [-0.2, -0.15) is 0 Å². The molecule has 0 spiro atoms. The van der Waals surface area contributed by atoms with E-state index < -0.39 is 24.4 Å². The van der Waals surface area contributed by atoms with E-state index in [1.165, 1.54) is 12.3 Å². The van der Waals surface area contributed by atoms with Crippen molar-refractivity contribution in [2.24, 2.45) is 4.99 Å². The molecule has 1 fully saturated rings. The van der Waals surface area contributed by atoms with E-state index >= 15 is 0 Å². The second kappa shape index (κ2) is 4.42. The molecular formula is C10H13NO5. The van der Waals surface area contributed by atoms with E-state index in [9.17, 15) is 15.0 Å². The van der Waals surface area contributed by atoms with Gasteiger partial charge in [0.2, 0.25) is 0 Å². The average Bonchev–Trinajstić information content (AvgIpc) is 2.56. The Hall–Kier alpha value is -1.08. The highest BCUT2D eigenvalue weighted by Crippen LogP contribution is 2.27. The van der Waals surface area contributed by atoms with Crippen LogP contribution in [0.4, 0.5) is 0 Å². The number of aliphatic hydroxyl groups is 3. The highest BCUT2D eigenvalue weighted by molar-refractivity contribution is 6.01. The molecule has 1 unspecified atom stereocenters. The summed E-state index contributed by atoms with van der Waals surface area (Å²) in [6, 6.07) is 0. The lowest BCUT2D eigenvalue weighted by Crippen LogP contribution is -2.34. The number of allylic oxidation sites excluding steroid dienone is 1. The van der Waals surface area contributed by atoms with Crippen LogP contribution in [-0.4, -0.2) is 58.3 Å². The summed E-state index contributed by atoms with van der Waals surface area (Å²) in [5.41, 5.74) is 0.291. The zero-order chi connectivity index (χ0) is 11.7. The number of aliphatic hydroxyl groups excluding tert-OH is 3. The number of aliphatic imine (C=N–C) groups is 1. The van der Waals surface area contributed by atoms with E-state index in [1.54, 1.807) is 0 Å². The zero-order valence-electron chi connectivity index (χ0n) is 8.48. The molecule has 0 aromatic rings. The van der Waals surface area contributed by atoms with Gasteiger partial charge >= 0.3 is 0 Å². The van der Waals surface area contributed by atoms with Gasteiger partial charge in [0, 0.05) is 18.7 Å². The molecule has 2 heterocycles. The fourth-order valence-electron chi connectivity index (χ4n) is 1.80. The minimum Gasteiger partial charge on any atom is -0.394 e. The Morgan fingerprint density at radius 3 is 2.75 bits per heavy atom. The van der Waals surface area contributed by atoms with Gasteiger partial charge in [-0.1, -0.05) is 0 Å². The second-order valence-electron chi connectivity index (χ2n) is 3.81. The first-order valence-corrected chi connectivity index (χ1v) is 5.03. The van der Waals surface area contributed by atoms with Crippen LogP contribution >= 0.6 is 0 Å². The molecule has 0 radical (unpaired) electrons. The molecule has 0 saturated carbocycles. The Kier molecular flexibility index (Phi) is 3.15. The van der Waals surface area contributed by atoms with E-state index in [2.05, 4.69) is 4.99 Å². The van der Waals surface area contributed by atoms with Crippen molar-refractivity contribution in [3.8, 4) is 0 Å². The topological polar surface area (TPSA) is 99.4 Å². The molecule has 3 N–H and O–H groups in total. The molecule has 6 heteroatoms. The van der Waals surface area contributed by atoms with Crippen molar-refractivity contribution < 1.29 is 24.9 Å². The van der Waals surface area contributed by atoms with Crippen molar-refractivity contribution in [1.29, 1.82) is 0 Å². The third kappa shape index (κ3) is 1.92. The van der Waals surface area contributed by atoms with Gasteiger partial charge in [0.15, 0.2) is 5.78 Å². The quantitative estimate of drug-likeness (QED) is 0.527. The molecular weight excluding hydrogens is 214 g/mol. The molecule has 2 rings (SSSR count). The maximum atomic E-state index is 11.2. The van der Waals surface area contributed by atoms with Gasteiger partial charge in [-0.25, -0.2) is 0 Å². The summed E-state index contributed by atoms with van der Waals surface area (Å²) in [7, 11) is 0. The molecule has 0 aromatic carbocycles. The molecule has 0 aromatic heterocycles. The molecule has 2 aliphatic heterocycles. The van der Waals surface area contributed by atoms with E-state index in [4.69, 9.17) is 9.84 Å². The third-order valence-electron chi connectivity index (χ3n) is 2.68. The average molecular weight is 227 g/mol. The van der Waals surface area contributed by atoms with Gasteiger partial charge in [-0.15, -0.1) is 0 Å². The second-order valence-corrected chi connectivity index (χ2v) is 3.81. The number of carbonyl (C=O) groups excluding carboxylic acids is 1. The SMILES string of the molecule is O=C1C=C(C2O[C@H](CO)[C@@H](O)[C@H]2O)N=CC1. The van der Waals surface area contributed by atoms with Crippen molar-refractivity contribution >= 4 is 12.0 Å². The maximum absolute atomic E-state index is 11.2. The summed E-state index contributed by atoms with van der Waals surface area (Å²) in [5.74, 6) is -0.122. The first-order valence-electron chi connectivity index (χ1n) is 5.03. The van der Waals surface area contributed by atoms with Crippen molar-refractivity contribution in [2.45, 2.75) is 30.8 Å². The maximum Gasteiger partial charge on any atom is 0.162 e. The molecule has 16 heavy (non-hydrogen) atoms. The lowest BCUT2D eigenvalue weighted by atomic mass is 10.0. The molecule has 88 valence electrons. The summed E-state index contributed by atoms with van der Waals surface area (Å²) >= 11 is 0. The van der Waals surface area contributed by atoms with Gasteiger partial charge in [-0.05, 0) is 0 Å². The number of carbonyl (C=O) groups is 1. The van der Waals surface area contributed by atoms with Crippen LogP contribution in [0.5, 0.6) is 0 Å². The normalized spacial score (nSPS) is 38.9. The van der Waals surface area contributed by atoms with Gasteiger partial charge in [0.1, 0.15) is 24.4 Å². The lowest BCUT2D eigenvalue weighted by molar-refractivity contribution is -0.113. The number of ketones is 1. The zero-order valence-corrected chi connectivity index (χ0v) is 8.48. The summed E-state index contributed by atoms with van der Waals surface area (Å²) in [5, 5.41) is 28.1. The molecule has 0 aliphatic carbocycles. The Morgan fingerprint density at radius 1 is 1.44 bits per heavy atom. The summed E-state index contributed by atoms with van der Waals surface area (Å²) in [6.45, 7) is -0.389. The lowest BCUT2D eigenvalue weighted by Gasteiger charge is -2.16. The van der Waals surface area contributed by atoms with Crippen LogP contribution in [0.2, 0.25) is 0 Å². The van der Waals surface area contributed by atoms with Crippen LogP contribution in [-0.2, 0) is 9.53 Å². The molecule has 6 nitrogen and oxygen atoms in total. The van der Waals surface area contributed by atoms with Crippen molar-refractivity contribution in [1.82, 2.24) is 0 Å². The van der Waals surface area contributed by atoms with Crippen LogP contribution in [0.3, 0.4) is 0 Å². The van der Waals surface area contributed by atoms with Gasteiger partial charge < -0.3 is 20.1 Å². The Labute approximate surface area is 91.9 Å². The predicted molar refractivity (Wildman–Crippen MR) is 54.0 cm³/mol. The monoisotopic (exact) mass is 227 g/mol. The van der Waals surface area contributed by atoms with E-state index in [0.717, 1.165) is 0 Å². The number of ether oxygens (including phenoxy) is 1. The van der Waals surface area contributed by atoms with E-state index in [1.807, 2.05) is 0 Å². The Balaban J connectivity index is 2.17. The first kappa shape index (κ1) is 11.4. The van der Waals surface area contributed by atoms with E-state index in [-0.39, 0.29) is 18.8 Å². The summed E-state index contributed by atoms with van der Waals surface area (Å²) in [4.78, 5) is 15.1.